The minimum atomic E-state index is -1.13. The second-order valence-corrected chi connectivity index (χ2v) is 5.09. The van der Waals surface area contributed by atoms with E-state index in [-0.39, 0.29) is 18.0 Å². The highest BCUT2D eigenvalue weighted by molar-refractivity contribution is 5.86. The quantitative estimate of drug-likeness (QED) is 0.554. The number of aliphatic carboxylic acids is 1. The molecular formula is C11H21N3O4. The molecule has 7 heteroatoms. The van der Waals surface area contributed by atoms with Crippen molar-refractivity contribution in [3.8, 4) is 0 Å². The van der Waals surface area contributed by atoms with Gasteiger partial charge in [0.1, 0.15) is 6.54 Å². The fraction of sp³-hybridized carbons (Fsp3) is 0.727. The molecule has 0 spiro atoms. The van der Waals surface area contributed by atoms with Gasteiger partial charge in [-0.1, -0.05) is 20.8 Å². The van der Waals surface area contributed by atoms with Gasteiger partial charge in [-0.3, -0.25) is 9.59 Å². The molecule has 1 unspecified atom stereocenters. The van der Waals surface area contributed by atoms with Gasteiger partial charge in [0.15, 0.2) is 0 Å². The van der Waals surface area contributed by atoms with Gasteiger partial charge in [0, 0.05) is 6.04 Å². The average Bonchev–Trinajstić information content (AvgIpc) is 2.22. The standard InChI is InChI=1S/C11H21N3O4/c1-7(11(2,3)4)14-10(18)13-5-8(15)12-6-9(16)17/h7H,5-6H2,1-4H3,(H,12,15)(H,16,17)(H2,13,14,18). The van der Waals surface area contributed by atoms with Crippen molar-refractivity contribution in [1.29, 1.82) is 0 Å². The summed E-state index contributed by atoms with van der Waals surface area (Å²) in [4.78, 5) is 32.7. The molecule has 0 aromatic heterocycles. The molecule has 4 N–H and O–H groups in total. The van der Waals surface area contributed by atoms with E-state index in [0.29, 0.717) is 0 Å². The molecule has 104 valence electrons. The van der Waals surface area contributed by atoms with Gasteiger partial charge in [-0.2, -0.15) is 0 Å². The first-order valence-electron chi connectivity index (χ1n) is 5.65. The van der Waals surface area contributed by atoms with Crippen LogP contribution >= 0.6 is 0 Å². The van der Waals surface area contributed by atoms with Crippen molar-refractivity contribution < 1.29 is 19.5 Å². The zero-order valence-corrected chi connectivity index (χ0v) is 11.2. The van der Waals surface area contributed by atoms with E-state index in [4.69, 9.17) is 5.11 Å². The Balaban J connectivity index is 3.90. The van der Waals surface area contributed by atoms with Crippen molar-refractivity contribution >= 4 is 17.9 Å². The molecule has 3 amide bonds. The Bertz CT molecular complexity index is 323. The maximum atomic E-state index is 11.4. The summed E-state index contributed by atoms with van der Waals surface area (Å²) in [5.74, 6) is -1.68. The van der Waals surface area contributed by atoms with Crippen molar-refractivity contribution in [3.63, 3.8) is 0 Å². The van der Waals surface area contributed by atoms with Gasteiger partial charge in [0.05, 0.1) is 6.54 Å². The van der Waals surface area contributed by atoms with Crippen molar-refractivity contribution in [2.45, 2.75) is 33.7 Å². The molecule has 0 bridgehead atoms. The van der Waals surface area contributed by atoms with Crippen LogP contribution in [0.2, 0.25) is 0 Å². The van der Waals surface area contributed by atoms with Crippen LogP contribution < -0.4 is 16.0 Å². The average molecular weight is 259 g/mol. The van der Waals surface area contributed by atoms with Crippen molar-refractivity contribution in [1.82, 2.24) is 16.0 Å². The van der Waals surface area contributed by atoms with E-state index < -0.39 is 24.5 Å². The number of hydrogen-bond donors (Lipinski definition) is 4. The van der Waals surface area contributed by atoms with Gasteiger partial charge in [-0.15, -0.1) is 0 Å². The summed E-state index contributed by atoms with van der Waals surface area (Å²) in [6.07, 6.45) is 0. The van der Waals surface area contributed by atoms with Crippen molar-refractivity contribution in [3.05, 3.63) is 0 Å². The highest BCUT2D eigenvalue weighted by atomic mass is 16.4. The van der Waals surface area contributed by atoms with Crippen LogP contribution in [0.15, 0.2) is 0 Å². The summed E-state index contributed by atoms with van der Waals surface area (Å²) < 4.78 is 0. The first-order valence-corrected chi connectivity index (χ1v) is 5.65. The number of carboxylic acids is 1. The minimum absolute atomic E-state index is 0.0559. The molecule has 0 rings (SSSR count). The SMILES string of the molecule is CC(NC(=O)NCC(=O)NCC(=O)O)C(C)(C)C. The lowest BCUT2D eigenvalue weighted by atomic mass is 9.88. The summed E-state index contributed by atoms with van der Waals surface area (Å²) in [5, 5.41) is 15.5. The molecule has 0 aliphatic rings. The molecule has 0 aromatic rings. The molecule has 7 nitrogen and oxygen atoms in total. The van der Waals surface area contributed by atoms with E-state index >= 15 is 0 Å². The van der Waals surface area contributed by atoms with Crippen LogP contribution in [0.4, 0.5) is 4.79 Å². The molecule has 0 saturated carbocycles. The van der Waals surface area contributed by atoms with E-state index in [9.17, 15) is 14.4 Å². The summed E-state index contributed by atoms with van der Waals surface area (Å²) in [7, 11) is 0. The van der Waals surface area contributed by atoms with Crippen LogP contribution in [0.3, 0.4) is 0 Å². The largest absolute Gasteiger partial charge is 0.480 e. The molecule has 18 heavy (non-hydrogen) atoms. The van der Waals surface area contributed by atoms with Gasteiger partial charge in [-0.25, -0.2) is 4.79 Å². The normalized spacial score (nSPS) is 12.4. The number of carboxylic acid groups (broad SMARTS) is 1. The first kappa shape index (κ1) is 16.2. The Morgan fingerprint density at radius 1 is 1.11 bits per heavy atom. The Labute approximate surface area is 106 Å². The fourth-order valence-electron chi connectivity index (χ4n) is 0.861. The number of carbonyl (C=O) groups is 3. The Morgan fingerprint density at radius 2 is 1.67 bits per heavy atom. The third-order valence-electron chi connectivity index (χ3n) is 2.49. The van der Waals surface area contributed by atoms with Crippen LogP contribution in [0.1, 0.15) is 27.7 Å². The van der Waals surface area contributed by atoms with E-state index in [1.165, 1.54) is 0 Å². The third kappa shape index (κ3) is 7.48. The lowest BCUT2D eigenvalue weighted by Gasteiger charge is -2.28. The van der Waals surface area contributed by atoms with Gasteiger partial charge in [0.2, 0.25) is 5.91 Å². The third-order valence-corrected chi connectivity index (χ3v) is 2.49. The molecule has 1 atom stereocenters. The Morgan fingerprint density at radius 3 is 2.11 bits per heavy atom. The maximum Gasteiger partial charge on any atom is 0.322 e. The second kappa shape index (κ2) is 6.83. The van der Waals surface area contributed by atoms with E-state index in [1.807, 2.05) is 27.7 Å². The molecule has 0 saturated heterocycles. The highest BCUT2D eigenvalue weighted by Gasteiger charge is 2.21. The molecule has 0 aromatic carbocycles. The molecule has 0 aliphatic heterocycles. The Kier molecular flexibility index (Phi) is 6.15. The predicted octanol–water partition coefficient (Wildman–Crippen LogP) is -0.0790. The highest BCUT2D eigenvalue weighted by Crippen LogP contribution is 2.18. The molecular weight excluding hydrogens is 238 g/mol. The van der Waals surface area contributed by atoms with Crippen LogP contribution in [-0.2, 0) is 9.59 Å². The molecule has 0 radical (unpaired) electrons. The topological polar surface area (TPSA) is 108 Å². The van der Waals surface area contributed by atoms with Crippen LogP contribution in [0.25, 0.3) is 0 Å². The van der Waals surface area contributed by atoms with E-state index in [1.54, 1.807) is 0 Å². The van der Waals surface area contributed by atoms with Crippen molar-refractivity contribution in [2.24, 2.45) is 5.41 Å². The smallest absolute Gasteiger partial charge is 0.322 e. The van der Waals surface area contributed by atoms with Crippen LogP contribution in [0.5, 0.6) is 0 Å². The second-order valence-electron chi connectivity index (χ2n) is 5.09. The fourth-order valence-corrected chi connectivity index (χ4v) is 0.861. The predicted molar refractivity (Wildman–Crippen MR) is 66.1 cm³/mol. The number of urea groups is 1. The van der Waals surface area contributed by atoms with Gasteiger partial charge >= 0.3 is 12.0 Å². The minimum Gasteiger partial charge on any atom is -0.480 e. The lowest BCUT2D eigenvalue weighted by Crippen LogP contribution is -2.48. The van der Waals surface area contributed by atoms with E-state index in [2.05, 4.69) is 16.0 Å². The monoisotopic (exact) mass is 259 g/mol. The number of carbonyl (C=O) groups excluding carboxylic acids is 2. The number of hydrogen-bond acceptors (Lipinski definition) is 3. The molecule has 0 fully saturated rings. The zero-order valence-electron chi connectivity index (χ0n) is 11.2. The summed E-state index contributed by atoms with van der Waals surface area (Å²) in [5.41, 5.74) is -0.0805. The van der Waals surface area contributed by atoms with Gasteiger partial charge in [-0.05, 0) is 12.3 Å². The first-order chi connectivity index (χ1) is 8.12. The van der Waals surface area contributed by atoms with Crippen LogP contribution in [-0.4, -0.2) is 42.1 Å². The molecule has 0 heterocycles. The zero-order chi connectivity index (χ0) is 14.3. The maximum absolute atomic E-state index is 11.4. The van der Waals surface area contributed by atoms with Crippen LogP contribution in [0, 0.1) is 5.41 Å². The summed E-state index contributed by atoms with van der Waals surface area (Å²) in [6.45, 7) is 7.10. The molecule has 0 aliphatic carbocycles. The Hall–Kier alpha value is -1.79. The summed E-state index contributed by atoms with van der Waals surface area (Å²) >= 11 is 0. The number of rotatable bonds is 5. The number of amides is 3. The van der Waals surface area contributed by atoms with Gasteiger partial charge in [0.25, 0.3) is 0 Å². The number of nitrogens with one attached hydrogen (secondary N) is 3. The lowest BCUT2D eigenvalue weighted by molar-refractivity contribution is -0.137. The summed E-state index contributed by atoms with van der Waals surface area (Å²) in [6, 6.07) is -0.512. The van der Waals surface area contributed by atoms with Gasteiger partial charge < -0.3 is 21.1 Å². The van der Waals surface area contributed by atoms with E-state index in [0.717, 1.165) is 0 Å². The van der Waals surface area contributed by atoms with Crippen molar-refractivity contribution in [2.75, 3.05) is 13.1 Å².